The normalized spacial score (nSPS) is 13.2. The fourth-order valence-corrected chi connectivity index (χ4v) is 0.552. The summed E-state index contributed by atoms with van der Waals surface area (Å²) in [6, 6.07) is 1.96. The molecule has 0 bridgehead atoms. The Hall–Kier alpha value is -1.63. The lowest BCUT2D eigenvalue weighted by molar-refractivity contribution is 0.254. The standard InChI is InChI=1S/C7H7N3O/c8-2-1-5-11-6-7-9-3-4-10-7/h3-4,6H,1,5H2. The van der Waals surface area contributed by atoms with Crippen molar-refractivity contribution >= 4 is 12.4 Å². The SMILES string of the molecule is N#CCCOC=C1N=CC=N1. The van der Waals surface area contributed by atoms with Gasteiger partial charge in [-0.15, -0.1) is 0 Å². The minimum absolute atomic E-state index is 0.386. The Kier molecular flexibility index (Phi) is 2.87. The van der Waals surface area contributed by atoms with Crippen LogP contribution in [-0.2, 0) is 4.74 Å². The van der Waals surface area contributed by atoms with Crippen molar-refractivity contribution in [2.24, 2.45) is 9.98 Å². The van der Waals surface area contributed by atoms with E-state index >= 15 is 0 Å². The summed E-state index contributed by atoms with van der Waals surface area (Å²) in [6.07, 6.45) is 4.99. The highest BCUT2D eigenvalue weighted by Crippen LogP contribution is 2.01. The van der Waals surface area contributed by atoms with Crippen molar-refractivity contribution in [3.8, 4) is 6.07 Å². The second-order valence-electron chi connectivity index (χ2n) is 1.81. The van der Waals surface area contributed by atoms with Gasteiger partial charge in [-0.2, -0.15) is 5.26 Å². The maximum Gasteiger partial charge on any atom is 0.187 e. The zero-order valence-corrected chi connectivity index (χ0v) is 5.90. The van der Waals surface area contributed by atoms with Crippen LogP contribution in [0.2, 0.25) is 0 Å². The van der Waals surface area contributed by atoms with Crippen LogP contribution in [0.5, 0.6) is 0 Å². The summed E-state index contributed by atoms with van der Waals surface area (Å²) in [5.41, 5.74) is 0. The second-order valence-corrected chi connectivity index (χ2v) is 1.81. The van der Waals surface area contributed by atoms with Crippen LogP contribution in [0.1, 0.15) is 6.42 Å². The third-order valence-electron chi connectivity index (χ3n) is 1.00. The third kappa shape index (κ3) is 2.63. The molecule has 0 unspecified atom stereocenters. The Morgan fingerprint density at radius 3 is 2.91 bits per heavy atom. The van der Waals surface area contributed by atoms with Gasteiger partial charge in [-0.3, -0.25) is 0 Å². The quantitative estimate of drug-likeness (QED) is 0.441. The molecule has 4 nitrogen and oxygen atoms in total. The van der Waals surface area contributed by atoms with E-state index in [1.165, 1.54) is 6.26 Å². The molecule has 0 spiro atoms. The Labute approximate surface area is 64.5 Å². The fraction of sp³-hybridized carbons (Fsp3) is 0.286. The molecule has 0 saturated carbocycles. The molecule has 0 aromatic heterocycles. The van der Waals surface area contributed by atoms with Gasteiger partial charge in [0, 0.05) is 12.4 Å². The highest BCUT2D eigenvalue weighted by Gasteiger charge is 1.92. The molecule has 0 aliphatic carbocycles. The fourth-order valence-electron chi connectivity index (χ4n) is 0.552. The zero-order valence-electron chi connectivity index (χ0n) is 5.90. The van der Waals surface area contributed by atoms with E-state index in [0.717, 1.165) is 0 Å². The van der Waals surface area contributed by atoms with Gasteiger partial charge in [0.05, 0.1) is 12.5 Å². The minimum atomic E-state index is 0.386. The van der Waals surface area contributed by atoms with Gasteiger partial charge in [0.2, 0.25) is 0 Å². The van der Waals surface area contributed by atoms with Gasteiger partial charge in [-0.1, -0.05) is 0 Å². The molecule has 4 heteroatoms. The molecule has 0 N–H and O–H groups in total. The maximum absolute atomic E-state index is 8.15. The summed E-state index contributed by atoms with van der Waals surface area (Å²) in [4.78, 5) is 7.68. The molecule has 0 aromatic carbocycles. The Morgan fingerprint density at radius 2 is 2.27 bits per heavy atom. The molecular weight excluding hydrogens is 142 g/mol. The van der Waals surface area contributed by atoms with Gasteiger partial charge < -0.3 is 4.74 Å². The molecule has 56 valence electrons. The number of hydrogen-bond acceptors (Lipinski definition) is 4. The first-order chi connectivity index (χ1) is 5.43. The van der Waals surface area contributed by atoms with Gasteiger partial charge >= 0.3 is 0 Å². The van der Waals surface area contributed by atoms with Crippen molar-refractivity contribution in [1.29, 1.82) is 5.26 Å². The Bertz CT molecular complexity index is 233. The van der Waals surface area contributed by atoms with E-state index in [1.807, 2.05) is 6.07 Å². The summed E-state index contributed by atoms with van der Waals surface area (Å²) < 4.78 is 4.95. The van der Waals surface area contributed by atoms with Gasteiger partial charge in [0.15, 0.2) is 5.82 Å². The zero-order chi connectivity index (χ0) is 7.94. The molecule has 11 heavy (non-hydrogen) atoms. The van der Waals surface area contributed by atoms with Crippen LogP contribution >= 0.6 is 0 Å². The average Bonchev–Trinajstić information content (AvgIpc) is 2.50. The molecule has 0 amide bonds. The third-order valence-corrected chi connectivity index (χ3v) is 1.00. The summed E-state index contributed by atoms with van der Waals surface area (Å²) in [7, 11) is 0. The summed E-state index contributed by atoms with van der Waals surface area (Å²) in [5, 5.41) is 8.15. The molecule has 1 aliphatic rings. The van der Waals surface area contributed by atoms with Crippen LogP contribution in [0.15, 0.2) is 22.1 Å². The van der Waals surface area contributed by atoms with Gasteiger partial charge in [0.1, 0.15) is 12.9 Å². The first-order valence-electron chi connectivity index (χ1n) is 3.19. The second kappa shape index (κ2) is 4.23. The Balaban J connectivity index is 2.21. The van der Waals surface area contributed by atoms with Crippen LogP contribution < -0.4 is 0 Å². The lowest BCUT2D eigenvalue weighted by Gasteiger charge is -1.93. The molecule has 0 saturated heterocycles. The predicted octanol–water partition coefficient (Wildman–Crippen LogP) is 0.871. The van der Waals surface area contributed by atoms with Crippen molar-refractivity contribution in [2.45, 2.75) is 6.42 Å². The predicted molar refractivity (Wildman–Crippen MR) is 41.2 cm³/mol. The highest BCUT2D eigenvalue weighted by molar-refractivity contribution is 6.18. The van der Waals surface area contributed by atoms with Gasteiger partial charge in [-0.25, -0.2) is 9.98 Å². The van der Waals surface area contributed by atoms with Crippen LogP contribution in [0.3, 0.4) is 0 Å². The topological polar surface area (TPSA) is 57.7 Å². The molecule has 1 aliphatic heterocycles. The van der Waals surface area contributed by atoms with Crippen LogP contribution in [0, 0.1) is 11.3 Å². The number of nitrogens with zero attached hydrogens (tertiary/aromatic N) is 3. The number of nitriles is 1. The van der Waals surface area contributed by atoms with E-state index in [2.05, 4.69) is 9.98 Å². The van der Waals surface area contributed by atoms with E-state index in [-0.39, 0.29) is 0 Å². The largest absolute Gasteiger partial charge is 0.496 e. The summed E-state index contributed by atoms with van der Waals surface area (Å²) in [5.74, 6) is 0.544. The molecule has 0 atom stereocenters. The maximum atomic E-state index is 8.15. The van der Waals surface area contributed by atoms with Crippen LogP contribution in [-0.4, -0.2) is 19.0 Å². The molecule has 0 fully saturated rings. The van der Waals surface area contributed by atoms with Crippen LogP contribution in [0.25, 0.3) is 0 Å². The van der Waals surface area contributed by atoms with Gasteiger partial charge in [0.25, 0.3) is 0 Å². The average molecular weight is 149 g/mol. The van der Waals surface area contributed by atoms with Crippen molar-refractivity contribution in [3.05, 3.63) is 12.1 Å². The van der Waals surface area contributed by atoms with Gasteiger partial charge in [-0.05, 0) is 0 Å². The minimum Gasteiger partial charge on any atom is -0.496 e. The molecule has 0 radical (unpaired) electrons. The van der Waals surface area contributed by atoms with Crippen molar-refractivity contribution in [3.63, 3.8) is 0 Å². The van der Waals surface area contributed by atoms with Crippen molar-refractivity contribution in [2.75, 3.05) is 6.61 Å². The van der Waals surface area contributed by atoms with Crippen molar-refractivity contribution < 1.29 is 4.74 Å². The van der Waals surface area contributed by atoms with E-state index in [4.69, 9.17) is 10.00 Å². The lowest BCUT2D eigenvalue weighted by Crippen LogP contribution is -1.84. The monoisotopic (exact) mass is 149 g/mol. The first-order valence-corrected chi connectivity index (χ1v) is 3.19. The number of rotatable bonds is 3. The number of hydrogen-bond donors (Lipinski definition) is 0. The van der Waals surface area contributed by atoms with Crippen LogP contribution in [0.4, 0.5) is 0 Å². The lowest BCUT2D eigenvalue weighted by atomic mass is 10.5. The van der Waals surface area contributed by atoms with E-state index in [1.54, 1.807) is 12.4 Å². The smallest absolute Gasteiger partial charge is 0.187 e. The summed E-state index contributed by atoms with van der Waals surface area (Å²) in [6.45, 7) is 0.394. The van der Waals surface area contributed by atoms with E-state index in [0.29, 0.717) is 18.8 Å². The molecule has 0 aromatic rings. The molecule has 1 heterocycles. The molecular formula is C7H7N3O. The van der Waals surface area contributed by atoms with Crippen molar-refractivity contribution in [1.82, 2.24) is 0 Å². The Morgan fingerprint density at radius 1 is 1.55 bits per heavy atom. The first kappa shape index (κ1) is 7.48. The number of ether oxygens (including phenoxy) is 1. The highest BCUT2D eigenvalue weighted by atomic mass is 16.5. The summed E-state index contributed by atoms with van der Waals surface area (Å²) >= 11 is 0. The molecule has 1 rings (SSSR count). The van der Waals surface area contributed by atoms with E-state index < -0.39 is 0 Å². The van der Waals surface area contributed by atoms with E-state index in [9.17, 15) is 0 Å². The number of aliphatic imine (C=N–C) groups is 2.